The Morgan fingerprint density at radius 1 is 0.966 bits per heavy atom. The van der Waals surface area contributed by atoms with Crippen molar-refractivity contribution in [1.82, 2.24) is 0 Å². The molecule has 0 unspecified atom stereocenters. The second-order valence-electron chi connectivity index (χ2n) is 6.95. The Bertz CT molecular complexity index is 1270. The van der Waals surface area contributed by atoms with E-state index in [2.05, 4.69) is 0 Å². The average molecular weight is 388 g/mol. The molecule has 0 aliphatic carbocycles. The number of benzene rings is 3. The molecule has 5 heteroatoms. The van der Waals surface area contributed by atoms with Crippen LogP contribution in [0.25, 0.3) is 21.7 Å². The Labute approximate surface area is 167 Å². The third-order valence-corrected chi connectivity index (χ3v) is 4.94. The first kappa shape index (κ1) is 18.7. The van der Waals surface area contributed by atoms with Crippen LogP contribution in [0.15, 0.2) is 69.9 Å². The van der Waals surface area contributed by atoms with Gasteiger partial charge in [0.25, 0.3) is 0 Å². The van der Waals surface area contributed by atoms with Gasteiger partial charge in [-0.3, -0.25) is 0 Å². The Hall–Kier alpha value is -3.60. The molecule has 0 spiro atoms. The third kappa shape index (κ3) is 3.99. The maximum absolute atomic E-state index is 12.2. The fraction of sp³-hybridized carbons (Fsp3) is 0.167. The van der Waals surface area contributed by atoms with E-state index in [1.165, 1.54) is 6.07 Å². The van der Waals surface area contributed by atoms with E-state index in [1.807, 2.05) is 62.4 Å². The van der Waals surface area contributed by atoms with E-state index in [-0.39, 0.29) is 13.2 Å². The van der Waals surface area contributed by atoms with Crippen LogP contribution >= 0.6 is 0 Å². The van der Waals surface area contributed by atoms with E-state index in [0.29, 0.717) is 16.9 Å². The smallest absolute Gasteiger partial charge is 0.344 e. The van der Waals surface area contributed by atoms with Crippen molar-refractivity contribution in [3.8, 4) is 5.75 Å². The molecule has 1 heterocycles. The number of hydrogen-bond donors (Lipinski definition) is 0. The van der Waals surface area contributed by atoms with Crippen molar-refractivity contribution in [2.75, 3.05) is 6.61 Å². The van der Waals surface area contributed by atoms with Crippen LogP contribution in [0.2, 0.25) is 0 Å². The highest BCUT2D eigenvalue weighted by Crippen LogP contribution is 2.27. The number of rotatable bonds is 5. The minimum Gasteiger partial charge on any atom is -0.482 e. The summed E-state index contributed by atoms with van der Waals surface area (Å²) in [5.41, 5.74) is 2.83. The number of ether oxygens (including phenoxy) is 2. The maximum Gasteiger partial charge on any atom is 0.344 e. The van der Waals surface area contributed by atoms with E-state index in [9.17, 15) is 9.59 Å². The Morgan fingerprint density at radius 3 is 2.62 bits per heavy atom. The van der Waals surface area contributed by atoms with Crippen LogP contribution in [0.5, 0.6) is 5.75 Å². The van der Waals surface area contributed by atoms with Crippen LogP contribution in [0.4, 0.5) is 0 Å². The van der Waals surface area contributed by atoms with Gasteiger partial charge >= 0.3 is 11.6 Å². The van der Waals surface area contributed by atoms with Crippen molar-refractivity contribution in [2.45, 2.75) is 20.5 Å². The van der Waals surface area contributed by atoms with Crippen LogP contribution in [0, 0.1) is 13.8 Å². The zero-order chi connectivity index (χ0) is 20.4. The summed E-state index contributed by atoms with van der Waals surface area (Å²) in [6, 6.07) is 18.4. The topological polar surface area (TPSA) is 65.7 Å². The zero-order valence-corrected chi connectivity index (χ0v) is 16.2. The molecule has 3 aromatic carbocycles. The van der Waals surface area contributed by atoms with Gasteiger partial charge in [0.15, 0.2) is 6.61 Å². The van der Waals surface area contributed by atoms with E-state index in [4.69, 9.17) is 13.9 Å². The largest absolute Gasteiger partial charge is 0.482 e. The molecule has 0 N–H and O–H groups in total. The first-order valence-electron chi connectivity index (χ1n) is 9.31. The fourth-order valence-corrected chi connectivity index (χ4v) is 3.28. The highest BCUT2D eigenvalue weighted by molar-refractivity contribution is 6.07. The van der Waals surface area contributed by atoms with Gasteiger partial charge in [0, 0.05) is 17.0 Å². The number of carbonyl (C=O) groups excluding carboxylic acids is 1. The highest BCUT2D eigenvalue weighted by atomic mass is 16.6. The van der Waals surface area contributed by atoms with Crippen LogP contribution < -0.4 is 10.4 Å². The first-order chi connectivity index (χ1) is 14.0. The van der Waals surface area contributed by atoms with Crippen molar-refractivity contribution < 1.29 is 18.7 Å². The van der Waals surface area contributed by atoms with Crippen LogP contribution in [0.3, 0.4) is 0 Å². The van der Waals surface area contributed by atoms with Crippen molar-refractivity contribution in [3.63, 3.8) is 0 Å². The molecule has 4 rings (SSSR count). The van der Waals surface area contributed by atoms with E-state index >= 15 is 0 Å². The minimum absolute atomic E-state index is 0.0365. The van der Waals surface area contributed by atoms with Crippen LogP contribution in [-0.4, -0.2) is 12.6 Å². The molecule has 0 radical (unpaired) electrons. The lowest BCUT2D eigenvalue weighted by atomic mass is 10.0. The second kappa shape index (κ2) is 7.80. The molecular formula is C24H20O5. The summed E-state index contributed by atoms with van der Waals surface area (Å²) in [4.78, 5) is 24.1. The zero-order valence-electron chi connectivity index (χ0n) is 16.2. The predicted molar refractivity (Wildman–Crippen MR) is 111 cm³/mol. The van der Waals surface area contributed by atoms with Gasteiger partial charge in [-0.25, -0.2) is 9.59 Å². The molecule has 1 aromatic heterocycles. The molecule has 0 fully saturated rings. The third-order valence-electron chi connectivity index (χ3n) is 4.94. The summed E-state index contributed by atoms with van der Waals surface area (Å²) >= 11 is 0. The molecule has 0 saturated heterocycles. The van der Waals surface area contributed by atoms with E-state index < -0.39 is 11.6 Å². The molecule has 146 valence electrons. The molecule has 0 amide bonds. The molecule has 0 saturated carbocycles. The monoisotopic (exact) mass is 388 g/mol. The number of fused-ring (bicyclic) bond motifs is 3. The lowest BCUT2D eigenvalue weighted by Crippen LogP contribution is -2.15. The van der Waals surface area contributed by atoms with Crippen molar-refractivity contribution >= 4 is 27.7 Å². The quantitative estimate of drug-likeness (QED) is 0.282. The summed E-state index contributed by atoms with van der Waals surface area (Å²) in [6.07, 6.45) is 0. The molecule has 0 atom stereocenters. The lowest BCUT2D eigenvalue weighted by molar-refractivity contribution is -0.147. The summed E-state index contributed by atoms with van der Waals surface area (Å²) < 4.78 is 16.2. The van der Waals surface area contributed by atoms with Crippen molar-refractivity contribution in [1.29, 1.82) is 0 Å². The molecule has 0 bridgehead atoms. The van der Waals surface area contributed by atoms with Gasteiger partial charge in [-0.2, -0.15) is 0 Å². The lowest BCUT2D eigenvalue weighted by Gasteiger charge is -2.11. The number of hydrogen-bond acceptors (Lipinski definition) is 5. The van der Waals surface area contributed by atoms with Crippen molar-refractivity contribution in [2.24, 2.45) is 0 Å². The standard InChI is InChI=1S/C24H20O5/c1-15-7-9-19(11-16(15)2)27-14-23(26)28-13-18-12-22(25)29-21-10-8-17-5-3-4-6-20(17)24(18)21/h3-12H,13-14H2,1-2H3. The Morgan fingerprint density at radius 2 is 1.79 bits per heavy atom. The summed E-state index contributed by atoms with van der Waals surface area (Å²) in [7, 11) is 0. The normalized spacial score (nSPS) is 11.0. The predicted octanol–water partition coefficient (Wildman–Crippen LogP) is 4.69. The van der Waals surface area contributed by atoms with E-state index in [1.54, 1.807) is 6.07 Å². The van der Waals surface area contributed by atoms with Gasteiger partial charge in [-0.05, 0) is 53.9 Å². The summed E-state index contributed by atoms with van der Waals surface area (Å²) in [6.45, 7) is 3.75. The van der Waals surface area contributed by atoms with E-state index in [0.717, 1.165) is 27.3 Å². The summed E-state index contributed by atoms with van der Waals surface area (Å²) in [5.74, 6) is 0.103. The first-order valence-corrected chi connectivity index (χ1v) is 9.31. The van der Waals surface area contributed by atoms with Crippen molar-refractivity contribution in [3.05, 3.63) is 87.8 Å². The number of aryl methyl sites for hydroxylation is 2. The van der Waals surface area contributed by atoms with Gasteiger partial charge < -0.3 is 13.9 Å². The van der Waals surface area contributed by atoms with Crippen LogP contribution in [-0.2, 0) is 16.1 Å². The van der Waals surface area contributed by atoms with Gasteiger partial charge in [-0.1, -0.05) is 36.4 Å². The van der Waals surface area contributed by atoms with Gasteiger partial charge in [0.1, 0.15) is 17.9 Å². The number of esters is 1. The molecule has 4 aromatic rings. The minimum atomic E-state index is -0.509. The fourth-order valence-electron chi connectivity index (χ4n) is 3.28. The van der Waals surface area contributed by atoms with Gasteiger partial charge in [0.05, 0.1) is 0 Å². The SMILES string of the molecule is Cc1ccc(OCC(=O)OCc2cc(=O)oc3ccc4ccccc4c23)cc1C. The molecule has 29 heavy (non-hydrogen) atoms. The molecule has 0 aliphatic heterocycles. The maximum atomic E-state index is 12.2. The Balaban J connectivity index is 1.53. The Kier molecular flexibility index (Phi) is 5.04. The second-order valence-corrected chi connectivity index (χ2v) is 6.95. The van der Waals surface area contributed by atoms with Gasteiger partial charge in [0.2, 0.25) is 0 Å². The molecule has 0 aliphatic rings. The highest BCUT2D eigenvalue weighted by Gasteiger charge is 2.12. The molecular weight excluding hydrogens is 368 g/mol. The van der Waals surface area contributed by atoms with Gasteiger partial charge in [-0.15, -0.1) is 0 Å². The number of carbonyl (C=O) groups is 1. The summed E-state index contributed by atoms with van der Waals surface area (Å²) in [5, 5.41) is 2.72. The molecule has 5 nitrogen and oxygen atoms in total. The average Bonchev–Trinajstić information content (AvgIpc) is 2.72. The van der Waals surface area contributed by atoms with Crippen LogP contribution in [0.1, 0.15) is 16.7 Å².